The van der Waals surface area contributed by atoms with Gasteiger partial charge in [-0.05, 0) is 36.6 Å². The predicted molar refractivity (Wildman–Crippen MR) is 116 cm³/mol. The molecule has 0 atom stereocenters. The maximum absolute atomic E-state index is 13.0. The van der Waals surface area contributed by atoms with Gasteiger partial charge in [-0.25, -0.2) is 0 Å². The molecule has 0 bridgehead atoms. The minimum Gasteiger partial charge on any atom is -0.493 e. The number of ether oxygens (including phenoxy) is 2. The lowest BCUT2D eigenvalue weighted by molar-refractivity contribution is 0.0628. The summed E-state index contributed by atoms with van der Waals surface area (Å²) in [5, 5.41) is 0.402. The number of carbonyl (C=O) groups is 1. The first-order chi connectivity index (χ1) is 14.0. The molecule has 0 aromatic heterocycles. The zero-order chi connectivity index (χ0) is 20.8. The van der Waals surface area contributed by atoms with Gasteiger partial charge in [0.2, 0.25) is 0 Å². The molecule has 6 heteroatoms. The van der Waals surface area contributed by atoms with Crippen LogP contribution < -0.4 is 9.47 Å². The van der Waals surface area contributed by atoms with E-state index in [2.05, 4.69) is 36.1 Å². The van der Waals surface area contributed by atoms with Crippen molar-refractivity contribution >= 4 is 17.5 Å². The van der Waals surface area contributed by atoms with Crippen LogP contribution in [-0.2, 0) is 6.54 Å². The Labute approximate surface area is 178 Å². The molecule has 0 spiro atoms. The number of hydrogen-bond donors (Lipinski definition) is 0. The monoisotopic (exact) mass is 416 g/mol. The minimum atomic E-state index is -0.0252. The van der Waals surface area contributed by atoms with Gasteiger partial charge in [0, 0.05) is 38.3 Å². The second kappa shape index (κ2) is 9.99. The molecule has 0 unspecified atom stereocenters. The van der Waals surface area contributed by atoms with E-state index >= 15 is 0 Å². The van der Waals surface area contributed by atoms with Crippen LogP contribution in [-0.4, -0.2) is 55.6 Å². The van der Waals surface area contributed by atoms with Crippen molar-refractivity contribution in [2.75, 3.05) is 39.9 Å². The van der Waals surface area contributed by atoms with Crippen LogP contribution in [0, 0.1) is 6.92 Å². The van der Waals surface area contributed by atoms with E-state index in [4.69, 9.17) is 21.1 Å². The van der Waals surface area contributed by atoms with Gasteiger partial charge in [0.15, 0.2) is 11.5 Å². The highest BCUT2D eigenvalue weighted by Crippen LogP contribution is 2.37. The molecule has 3 rings (SSSR count). The molecule has 5 nitrogen and oxygen atoms in total. The van der Waals surface area contributed by atoms with Crippen molar-refractivity contribution in [3.05, 3.63) is 58.1 Å². The molecule has 1 aliphatic heterocycles. The Balaban J connectivity index is 1.64. The fraction of sp³-hybridized carbons (Fsp3) is 0.435. The van der Waals surface area contributed by atoms with Crippen molar-refractivity contribution in [3.8, 4) is 11.5 Å². The summed E-state index contributed by atoms with van der Waals surface area (Å²) in [4.78, 5) is 17.3. The standard InChI is InChI=1S/C23H29ClN2O3/c1-4-13-29-22-20(24)14-19(15-21(22)28-3)23(27)26-11-9-25(10-12-26)16-18-8-6-5-7-17(18)2/h5-8,14-15H,4,9-13,16H2,1-3H3. The second-order valence-electron chi connectivity index (χ2n) is 7.33. The third kappa shape index (κ3) is 5.22. The van der Waals surface area contributed by atoms with Gasteiger partial charge in [0.25, 0.3) is 5.91 Å². The quantitative estimate of drug-likeness (QED) is 0.670. The molecule has 0 aliphatic carbocycles. The molecule has 2 aromatic carbocycles. The van der Waals surface area contributed by atoms with Crippen LogP contribution in [0.15, 0.2) is 36.4 Å². The lowest BCUT2D eigenvalue weighted by Gasteiger charge is -2.35. The summed E-state index contributed by atoms with van der Waals surface area (Å²) < 4.78 is 11.1. The Kier molecular flexibility index (Phi) is 7.40. The molecule has 1 amide bonds. The lowest BCUT2D eigenvalue weighted by atomic mass is 10.1. The van der Waals surface area contributed by atoms with E-state index in [0.717, 1.165) is 26.1 Å². The summed E-state index contributed by atoms with van der Waals surface area (Å²) in [5.41, 5.74) is 3.17. The molecule has 29 heavy (non-hydrogen) atoms. The molecule has 1 aliphatic rings. The fourth-order valence-corrected chi connectivity index (χ4v) is 3.77. The number of halogens is 1. The molecule has 0 N–H and O–H groups in total. The largest absolute Gasteiger partial charge is 0.493 e. The van der Waals surface area contributed by atoms with Crippen LogP contribution in [0.2, 0.25) is 5.02 Å². The molecule has 1 fully saturated rings. The van der Waals surface area contributed by atoms with E-state index in [0.29, 0.717) is 41.8 Å². The highest BCUT2D eigenvalue weighted by Gasteiger charge is 2.24. The normalized spacial score (nSPS) is 14.7. The zero-order valence-corrected chi connectivity index (χ0v) is 18.2. The average Bonchev–Trinajstić information content (AvgIpc) is 2.74. The summed E-state index contributed by atoms with van der Waals surface area (Å²) in [5.74, 6) is 0.964. The maximum atomic E-state index is 13.0. The Morgan fingerprint density at radius 3 is 2.52 bits per heavy atom. The Hall–Kier alpha value is -2.24. The molecule has 0 radical (unpaired) electrons. The van der Waals surface area contributed by atoms with Crippen LogP contribution in [0.4, 0.5) is 0 Å². The maximum Gasteiger partial charge on any atom is 0.254 e. The van der Waals surface area contributed by atoms with Gasteiger partial charge >= 0.3 is 0 Å². The topological polar surface area (TPSA) is 42.0 Å². The molecular weight excluding hydrogens is 388 g/mol. The molecule has 1 saturated heterocycles. The number of hydrogen-bond acceptors (Lipinski definition) is 4. The van der Waals surface area contributed by atoms with Crippen molar-refractivity contribution in [1.29, 1.82) is 0 Å². The summed E-state index contributed by atoms with van der Waals surface area (Å²) in [7, 11) is 1.56. The van der Waals surface area contributed by atoms with Gasteiger partial charge in [-0.1, -0.05) is 42.8 Å². The van der Waals surface area contributed by atoms with E-state index in [1.165, 1.54) is 11.1 Å². The molecule has 156 valence electrons. The van der Waals surface area contributed by atoms with E-state index in [1.54, 1.807) is 19.2 Å². The Morgan fingerprint density at radius 2 is 1.86 bits per heavy atom. The Bertz CT molecular complexity index is 848. The van der Waals surface area contributed by atoms with E-state index in [1.807, 2.05) is 11.8 Å². The number of benzene rings is 2. The highest BCUT2D eigenvalue weighted by molar-refractivity contribution is 6.32. The number of piperazine rings is 1. The van der Waals surface area contributed by atoms with Crippen molar-refractivity contribution < 1.29 is 14.3 Å². The summed E-state index contributed by atoms with van der Waals surface area (Å²) in [6.07, 6.45) is 0.868. The smallest absolute Gasteiger partial charge is 0.254 e. The number of aryl methyl sites for hydroxylation is 1. The summed E-state index contributed by atoms with van der Waals surface area (Å²) >= 11 is 6.38. The minimum absolute atomic E-state index is 0.0252. The van der Waals surface area contributed by atoms with Crippen LogP contribution in [0.25, 0.3) is 0 Å². The van der Waals surface area contributed by atoms with Crippen molar-refractivity contribution in [2.24, 2.45) is 0 Å². The number of methoxy groups -OCH3 is 1. The van der Waals surface area contributed by atoms with E-state index in [-0.39, 0.29) is 5.91 Å². The molecule has 0 saturated carbocycles. The van der Waals surface area contributed by atoms with Crippen LogP contribution in [0.3, 0.4) is 0 Å². The number of amides is 1. The average molecular weight is 417 g/mol. The van der Waals surface area contributed by atoms with Crippen molar-refractivity contribution in [2.45, 2.75) is 26.8 Å². The second-order valence-corrected chi connectivity index (χ2v) is 7.74. The van der Waals surface area contributed by atoms with Gasteiger partial charge in [0.05, 0.1) is 18.7 Å². The first-order valence-electron chi connectivity index (χ1n) is 10.1. The lowest BCUT2D eigenvalue weighted by Crippen LogP contribution is -2.48. The van der Waals surface area contributed by atoms with Crippen LogP contribution >= 0.6 is 11.6 Å². The number of rotatable bonds is 7. The SMILES string of the molecule is CCCOc1c(Cl)cc(C(=O)N2CCN(Cc3ccccc3C)CC2)cc1OC. The molecule has 2 aromatic rings. The van der Waals surface area contributed by atoms with E-state index in [9.17, 15) is 4.79 Å². The van der Waals surface area contributed by atoms with Gasteiger partial charge < -0.3 is 14.4 Å². The highest BCUT2D eigenvalue weighted by atomic mass is 35.5. The fourth-order valence-electron chi connectivity index (χ4n) is 3.51. The first kappa shape index (κ1) is 21.5. The van der Waals surface area contributed by atoms with Gasteiger partial charge in [0.1, 0.15) is 0 Å². The number of nitrogens with zero attached hydrogens (tertiary/aromatic N) is 2. The van der Waals surface area contributed by atoms with Gasteiger partial charge in [-0.2, -0.15) is 0 Å². The first-order valence-corrected chi connectivity index (χ1v) is 10.5. The zero-order valence-electron chi connectivity index (χ0n) is 17.4. The van der Waals surface area contributed by atoms with Crippen molar-refractivity contribution in [1.82, 2.24) is 9.80 Å². The van der Waals surface area contributed by atoms with Crippen molar-refractivity contribution in [3.63, 3.8) is 0 Å². The van der Waals surface area contributed by atoms with Gasteiger partial charge in [-0.3, -0.25) is 9.69 Å². The third-order valence-corrected chi connectivity index (χ3v) is 5.52. The number of carbonyl (C=O) groups excluding carboxylic acids is 1. The van der Waals surface area contributed by atoms with Gasteiger partial charge in [-0.15, -0.1) is 0 Å². The summed E-state index contributed by atoms with van der Waals surface area (Å²) in [6, 6.07) is 11.8. The van der Waals surface area contributed by atoms with Crippen LogP contribution in [0.1, 0.15) is 34.8 Å². The predicted octanol–water partition coefficient (Wildman–Crippen LogP) is 4.40. The summed E-state index contributed by atoms with van der Waals surface area (Å²) in [6.45, 7) is 8.71. The molecule has 1 heterocycles. The van der Waals surface area contributed by atoms with Crippen LogP contribution in [0.5, 0.6) is 11.5 Å². The van der Waals surface area contributed by atoms with E-state index < -0.39 is 0 Å². The third-order valence-electron chi connectivity index (χ3n) is 5.24. The molecular formula is C23H29ClN2O3. The Morgan fingerprint density at radius 1 is 1.14 bits per heavy atom.